The van der Waals surface area contributed by atoms with E-state index in [2.05, 4.69) is 19.6 Å². The van der Waals surface area contributed by atoms with Gasteiger partial charge >= 0.3 is 12.3 Å². The average Bonchev–Trinajstić information content (AvgIpc) is 2.80. The van der Waals surface area contributed by atoms with Crippen molar-refractivity contribution in [3.63, 3.8) is 0 Å². The summed E-state index contributed by atoms with van der Waals surface area (Å²) in [6, 6.07) is 1.47. The van der Waals surface area contributed by atoms with Crippen LogP contribution < -0.4 is 9.47 Å². The lowest BCUT2D eigenvalue weighted by atomic mass is 10.3. The van der Waals surface area contributed by atoms with Crippen LogP contribution >= 0.6 is 0 Å². The predicted molar refractivity (Wildman–Crippen MR) is 73.8 cm³/mol. The third kappa shape index (κ3) is 3.43. The van der Waals surface area contributed by atoms with Gasteiger partial charge in [-0.2, -0.15) is 10.1 Å². The molecule has 0 saturated carbocycles. The maximum absolute atomic E-state index is 11.5. The van der Waals surface area contributed by atoms with E-state index in [-0.39, 0.29) is 24.8 Å². The molecule has 0 radical (unpaired) electrons. The van der Waals surface area contributed by atoms with Gasteiger partial charge in [-0.25, -0.2) is 9.59 Å². The van der Waals surface area contributed by atoms with E-state index >= 15 is 0 Å². The molecule has 2 aromatic rings. The number of rotatable bonds is 4. The Bertz CT molecular complexity index is 696. The van der Waals surface area contributed by atoms with E-state index in [1.54, 1.807) is 20.9 Å². The van der Waals surface area contributed by atoms with Gasteiger partial charge in [-0.1, -0.05) is 0 Å². The summed E-state index contributed by atoms with van der Waals surface area (Å²) in [4.78, 5) is 27.0. The second kappa shape index (κ2) is 6.74. The molecule has 0 aromatic carbocycles. The fraction of sp³-hybridized carbons (Fsp3) is 0.385. The van der Waals surface area contributed by atoms with E-state index < -0.39 is 12.3 Å². The van der Waals surface area contributed by atoms with Crippen LogP contribution in [-0.4, -0.2) is 40.3 Å². The standard InChI is InChI=1S/C13H15N3O6/c1-4-19-12(17)21-9-6-8-7-14-16(3)10(8)15-11(9)22-13(18)20-5-2/h6-7H,4-5H2,1-3H3. The molecule has 2 aromatic heterocycles. The Balaban J connectivity index is 2.37. The lowest BCUT2D eigenvalue weighted by Gasteiger charge is -2.09. The van der Waals surface area contributed by atoms with Crippen molar-refractivity contribution in [3.05, 3.63) is 12.3 Å². The SMILES string of the molecule is CCOC(=O)Oc1cc2cnn(C)c2nc1OC(=O)OCC. The molecule has 0 N–H and O–H groups in total. The third-order valence-corrected chi connectivity index (χ3v) is 2.54. The van der Waals surface area contributed by atoms with Crippen molar-refractivity contribution in [1.29, 1.82) is 0 Å². The normalized spacial score (nSPS) is 10.3. The molecule has 0 spiro atoms. The van der Waals surface area contributed by atoms with Gasteiger partial charge in [0, 0.05) is 12.4 Å². The van der Waals surface area contributed by atoms with Crippen LogP contribution in [0.3, 0.4) is 0 Å². The smallest absolute Gasteiger partial charge is 0.434 e. The third-order valence-electron chi connectivity index (χ3n) is 2.54. The van der Waals surface area contributed by atoms with E-state index in [9.17, 15) is 9.59 Å². The van der Waals surface area contributed by atoms with Crippen LogP contribution in [0.25, 0.3) is 11.0 Å². The Kier molecular flexibility index (Phi) is 4.77. The molecule has 9 nitrogen and oxygen atoms in total. The number of fused-ring (bicyclic) bond motifs is 1. The highest BCUT2D eigenvalue weighted by Gasteiger charge is 2.19. The Morgan fingerprint density at radius 3 is 2.41 bits per heavy atom. The van der Waals surface area contributed by atoms with Crippen molar-refractivity contribution < 1.29 is 28.5 Å². The Morgan fingerprint density at radius 1 is 1.14 bits per heavy atom. The molecule has 2 heterocycles. The Morgan fingerprint density at radius 2 is 1.77 bits per heavy atom. The van der Waals surface area contributed by atoms with Crippen molar-refractivity contribution in [1.82, 2.24) is 14.8 Å². The zero-order chi connectivity index (χ0) is 16.1. The summed E-state index contributed by atoms with van der Waals surface area (Å²) in [5.74, 6) is -0.269. The summed E-state index contributed by atoms with van der Waals surface area (Å²) < 4.78 is 20.8. The number of pyridine rings is 1. The van der Waals surface area contributed by atoms with Crippen LogP contribution in [0.4, 0.5) is 9.59 Å². The summed E-state index contributed by atoms with van der Waals surface area (Å²) in [7, 11) is 1.68. The lowest BCUT2D eigenvalue weighted by molar-refractivity contribution is 0.0926. The average molecular weight is 309 g/mol. The van der Waals surface area contributed by atoms with Crippen LogP contribution in [0, 0.1) is 0 Å². The Labute approximate surface area is 125 Å². The minimum atomic E-state index is -0.953. The number of aryl methyl sites for hydroxylation is 1. The van der Waals surface area contributed by atoms with Crippen molar-refractivity contribution in [3.8, 4) is 11.6 Å². The molecule has 0 amide bonds. The van der Waals surface area contributed by atoms with Gasteiger partial charge in [0.2, 0.25) is 0 Å². The zero-order valence-electron chi connectivity index (χ0n) is 12.4. The topological polar surface area (TPSA) is 102 Å². The van der Waals surface area contributed by atoms with E-state index in [1.165, 1.54) is 16.9 Å². The number of nitrogens with zero attached hydrogens (tertiary/aromatic N) is 3. The molecule has 22 heavy (non-hydrogen) atoms. The highest BCUT2D eigenvalue weighted by molar-refractivity contribution is 5.80. The molecule has 0 fully saturated rings. The van der Waals surface area contributed by atoms with Gasteiger partial charge in [0.15, 0.2) is 11.4 Å². The van der Waals surface area contributed by atoms with Gasteiger partial charge in [-0.05, 0) is 19.9 Å². The number of aromatic nitrogens is 3. The molecule has 0 saturated heterocycles. The van der Waals surface area contributed by atoms with E-state index in [1.807, 2.05) is 0 Å². The second-order valence-corrected chi connectivity index (χ2v) is 4.04. The second-order valence-electron chi connectivity index (χ2n) is 4.04. The minimum absolute atomic E-state index is 0.0630. The van der Waals surface area contributed by atoms with Crippen LogP contribution in [0.2, 0.25) is 0 Å². The zero-order valence-corrected chi connectivity index (χ0v) is 12.4. The molecule has 0 aliphatic rings. The summed E-state index contributed by atoms with van der Waals surface area (Å²) >= 11 is 0. The molecule has 0 unspecified atom stereocenters. The summed E-state index contributed by atoms with van der Waals surface area (Å²) in [6.45, 7) is 3.56. The van der Waals surface area contributed by atoms with E-state index in [0.29, 0.717) is 11.0 Å². The fourth-order valence-electron chi connectivity index (χ4n) is 1.65. The molecule has 0 atom stereocenters. The largest absolute Gasteiger partial charge is 0.515 e. The highest BCUT2D eigenvalue weighted by Crippen LogP contribution is 2.29. The molecule has 9 heteroatoms. The van der Waals surface area contributed by atoms with Crippen LogP contribution in [0.5, 0.6) is 11.6 Å². The molecule has 0 aliphatic heterocycles. The molecule has 0 aliphatic carbocycles. The van der Waals surface area contributed by atoms with Crippen molar-refractivity contribution in [2.45, 2.75) is 13.8 Å². The van der Waals surface area contributed by atoms with E-state index in [0.717, 1.165) is 0 Å². The van der Waals surface area contributed by atoms with Gasteiger partial charge in [-0.3, -0.25) is 4.68 Å². The fourth-order valence-corrected chi connectivity index (χ4v) is 1.65. The first-order valence-electron chi connectivity index (χ1n) is 6.57. The Hall–Kier alpha value is -2.84. The maximum Gasteiger partial charge on any atom is 0.515 e. The first kappa shape index (κ1) is 15.5. The van der Waals surface area contributed by atoms with Crippen molar-refractivity contribution >= 4 is 23.3 Å². The first-order valence-corrected chi connectivity index (χ1v) is 6.57. The van der Waals surface area contributed by atoms with Gasteiger partial charge in [0.05, 0.1) is 19.4 Å². The molecule has 118 valence electrons. The quantitative estimate of drug-likeness (QED) is 0.791. The van der Waals surface area contributed by atoms with Gasteiger partial charge in [0.25, 0.3) is 5.88 Å². The lowest BCUT2D eigenvalue weighted by Crippen LogP contribution is -2.15. The van der Waals surface area contributed by atoms with Gasteiger partial charge in [0.1, 0.15) is 0 Å². The van der Waals surface area contributed by atoms with Crippen LogP contribution in [-0.2, 0) is 16.5 Å². The molecule has 0 bridgehead atoms. The number of hydrogen-bond acceptors (Lipinski definition) is 8. The summed E-state index contributed by atoms with van der Waals surface area (Å²) in [5.41, 5.74) is 0.454. The molecule has 2 rings (SSSR count). The number of carbonyl (C=O) groups is 2. The maximum atomic E-state index is 11.5. The van der Waals surface area contributed by atoms with Crippen LogP contribution in [0.15, 0.2) is 12.3 Å². The first-order chi connectivity index (χ1) is 10.5. The minimum Gasteiger partial charge on any atom is -0.434 e. The molecular weight excluding hydrogens is 294 g/mol. The number of hydrogen-bond donors (Lipinski definition) is 0. The summed E-state index contributed by atoms with van der Waals surface area (Å²) in [6.07, 6.45) is -0.347. The summed E-state index contributed by atoms with van der Waals surface area (Å²) in [5, 5.41) is 4.63. The van der Waals surface area contributed by atoms with Crippen LogP contribution in [0.1, 0.15) is 13.8 Å². The molecular formula is C13H15N3O6. The van der Waals surface area contributed by atoms with Gasteiger partial charge in [-0.15, -0.1) is 0 Å². The number of carbonyl (C=O) groups excluding carboxylic acids is 2. The highest BCUT2D eigenvalue weighted by atomic mass is 16.7. The predicted octanol–water partition coefficient (Wildman–Crippen LogP) is 2.04. The monoisotopic (exact) mass is 309 g/mol. The van der Waals surface area contributed by atoms with E-state index in [4.69, 9.17) is 9.47 Å². The van der Waals surface area contributed by atoms with Crippen molar-refractivity contribution in [2.75, 3.05) is 13.2 Å². The number of ether oxygens (including phenoxy) is 4. The van der Waals surface area contributed by atoms with Crippen molar-refractivity contribution in [2.24, 2.45) is 7.05 Å². The van der Waals surface area contributed by atoms with Gasteiger partial charge < -0.3 is 18.9 Å².